The summed E-state index contributed by atoms with van der Waals surface area (Å²) >= 11 is 5.93. The average molecular weight is 253 g/mol. The van der Waals surface area contributed by atoms with Gasteiger partial charge in [-0.3, -0.25) is 0 Å². The third kappa shape index (κ3) is 1.98. The molecule has 0 amide bonds. The Hall–Kier alpha value is -1.26. The highest BCUT2D eigenvalue weighted by Gasteiger charge is 2.26. The zero-order valence-corrected chi connectivity index (χ0v) is 10.1. The van der Waals surface area contributed by atoms with Gasteiger partial charge in [-0.15, -0.1) is 11.6 Å². The molecule has 0 aliphatic carbocycles. The fraction of sp³-hybridized carbons (Fsp3) is 0.417. The van der Waals surface area contributed by atoms with Gasteiger partial charge in [0.05, 0.1) is 19.3 Å². The lowest BCUT2D eigenvalue weighted by atomic mass is 10.3. The van der Waals surface area contributed by atoms with Crippen LogP contribution in [0.1, 0.15) is 0 Å². The molecule has 5 heteroatoms. The maximum atomic E-state index is 5.93. The first-order valence-electron chi connectivity index (χ1n) is 5.64. The second-order valence-electron chi connectivity index (χ2n) is 4.04. The number of alkyl halides is 1. The quantitative estimate of drug-likeness (QED) is 0.769. The first kappa shape index (κ1) is 10.9. The van der Waals surface area contributed by atoms with Crippen LogP contribution in [-0.4, -0.2) is 36.7 Å². The molecule has 1 fully saturated rings. The molecule has 1 aliphatic heterocycles. The van der Waals surface area contributed by atoms with Crippen LogP contribution in [0.5, 0.6) is 0 Å². The molecule has 4 nitrogen and oxygen atoms in total. The van der Waals surface area contributed by atoms with Crippen molar-refractivity contribution in [2.75, 3.05) is 30.5 Å². The van der Waals surface area contributed by atoms with E-state index in [1.165, 1.54) is 0 Å². The van der Waals surface area contributed by atoms with Gasteiger partial charge in [0, 0.05) is 12.4 Å². The van der Waals surface area contributed by atoms with Gasteiger partial charge in [0.15, 0.2) is 5.58 Å². The zero-order valence-electron chi connectivity index (χ0n) is 9.30. The van der Waals surface area contributed by atoms with Crippen molar-refractivity contribution < 1.29 is 9.15 Å². The topological polar surface area (TPSA) is 38.5 Å². The van der Waals surface area contributed by atoms with E-state index in [-0.39, 0.29) is 6.04 Å². The number of halogens is 1. The van der Waals surface area contributed by atoms with Crippen molar-refractivity contribution in [1.82, 2.24) is 4.98 Å². The number of benzene rings is 1. The smallest absolute Gasteiger partial charge is 0.298 e. The summed E-state index contributed by atoms with van der Waals surface area (Å²) in [5, 5.41) is 0. The van der Waals surface area contributed by atoms with Crippen LogP contribution in [-0.2, 0) is 4.74 Å². The van der Waals surface area contributed by atoms with Crippen LogP contribution in [0.25, 0.3) is 11.1 Å². The van der Waals surface area contributed by atoms with Crippen molar-refractivity contribution in [2.45, 2.75) is 6.04 Å². The van der Waals surface area contributed by atoms with Gasteiger partial charge >= 0.3 is 0 Å². The van der Waals surface area contributed by atoms with Crippen molar-refractivity contribution in [3.05, 3.63) is 24.3 Å². The lowest BCUT2D eigenvalue weighted by Gasteiger charge is -2.32. The van der Waals surface area contributed by atoms with Crippen LogP contribution < -0.4 is 4.90 Å². The highest BCUT2D eigenvalue weighted by Crippen LogP contribution is 2.24. The van der Waals surface area contributed by atoms with Crippen LogP contribution in [0.3, 0.4) is 0 Å². The molecule has 0 saturated carbocycles. The van der Waals surface area contributed by atoms with Crippen LogP contribution in [0, 0.1) is 0 Å². The predicted octanol–water partition coefficient (Wildman–Crippen LogP) is 2.27. The number of rotatable bonds is 2. The normalized spacial score (nSPS) is 21.0. The van der Waals surface area contributed by atoms with Gasteiger partial charge in [-0.05, 0) is 12.1 Å². The van der Waals surface area contributed by atoms with E-state index in [0.717, 1.165) is 17.6 Å². The Balaban J connectivity index is 1.96. The summed E-state index contributed by atoms with van der Waals surface area (Å²) in [6.07, 6.45) is 0. The predicted molar refractivity (Wildman–Crippen MR) is 66.7 cm³/mol. The molecule has 3 rings (SSSR count). The second-order valence-corrected chi connectivity index (χ2v) is 4.35. The Morgan fingerprint density at radius 2 is 2.29 bits per heavy atom. The van der Waals surface area contributed by atoms with E-state index in [0.29, 0.717) is 25.1 Å². The molecule has 1 aromatic carbocycles. The molecule has 2 aromatic rings. The largest absolute Gasteiger partial charge is 0.423 e. The Morgan fingerprint density at radius 3 is 3.12 bits per heavy atom. The summed E-state index contributed by atoms with van der Waals surface area (Å²) in [6, 6.07) is 8.53. The molecule has 2 heterocycles. The van der Waals surface area contributed by atoms with E-state index in [1.807, 2.05) is 24.3 Å². The van der Waals surface area contributed by atoms with Gasteiger partial charge in [0.2, 0.25) is 0 Å². The molecule has 0 radical (unpaired) electrons. The molecule has 0 N–H and O–H groups in total. The minimum atomic E-state index is 0.137. The zero-order chi connectivity index (χ0) is 11.7. The lowest BCUT2D eigenvalue weighted by Crippen LogP contribution is -2.46. The minimum Gasteiger partial charge on any atom is -0.423 e. The molecule has 0 spiro atoms. The van der Waals surface area contributed by atoms with Gasteiger partial charge < -0.3 is 14.1 Å². The number of fused-ring (bicyclic) bond motifs is 1. The minimum absolute atomic E-state index is 0.137. The Kier molecular flexibility index (Phi) is 2.91. The first-order chi connectivity index (χ1) is 8.38. The molecular weight excluding hydrogens is 240 g/mol. The third-order valence-corrected chi connectivity index (χ3v) is 3.29. The molecular formula is C12H13ClN2O2. The Morgan fingerprint density at radius 1 is 1.41 bits per heavy atom. The fourth-order valence-electron chi connectivity index (χ4n) is 2.02. The van der Waals surface area contributed by atoms with Crippen LogP contribution >= 0.6 is 11.6 Å². The Bertz CT molecular complexity index is 481. The molecule has 1 aliphatic rings. The van der Waals surface area contributed by atoms with Crippen molar-refractivity contribution in [2.24, 2.45) is 0 Å². The summed E-state index contributed by atoms with van der Waals surface area (Å²) in [5.74, 6) is 0.513. The van der Waals surface area contributed by atoms with Gasteiger partial charge in [-0.25, -0.2) is 0 Å². The summed E-state index contributed by atoms with van der Waals surface area (Å²) in [4.78, 5) is 6.56. The van der Waals surface area contributed by atoms with Gasteiger partial charge in [0.25, 0.3) is 6.01 Å². The summed E-state index contributed by atoms with van der Waals surface area (Å²) in [7, 11) is 0. The SMILES string of the molecule is ClCC1COCCN1c1nc2ccccc2o1. The van der Waals surface area contributed by atoms with Crippen molar-refractivity contribution in [1.29, 1.82) is 0 Å². The van der Waals surface area contributed by atoms with Crippen molar-refractivity contribution in [3.63, 3.8) is 0 Å². The number of morpholine rings is 1. The number of oxazole rings is 1. The second kappa shape index (κ2) is 4.55. The van der Waals surface area contributed by atoms with E-state index >= 15 is 0 Å². The highest BCUT2D eigenvalue weighted by molar-refractivity contribution is 6.18. The first-order valence-corrected chi connectivity index (χ1v) is 6.18. The third-order valence-electron chi connectivity index (χ3n) is 2.93. The molecule has 1 saturated heterocycles. The number of para-hydroxylation sites is 2. The van der Waals surface area contributed by atoms with Crippen LogP contribution in [0.15, 0.2) is 28.7 Å². The number of aromatic nitrogens is 1. The summed E-state index contributed by atoms with van der Waals surface area (Å²) < 4.78 is 11.1. The van der Waals surface area contributed by atoms with Crippen molar-refractivity contribution in [3.8, 4) is 0 Å². The molecule has 0 bridgehead atoms. The number of anilines is 1. The van der Waals surface area contributed by atoms with E-state index < -0.39 is 0 Å². The molecule has 1 atom stereocenters. The van der Waals surface area contributed by atoms with Crippen LogP contribution in [0.2, 0.25) is 0 Å². The summed E-state index contributed by atoms with van der Waals surface area (Å²) in [6.45, 7) is 2.08. The summed E-state index contributed by atoms with van der Waals surface area (Å²) in [5.41, 5.74) is 1.68. The van der Waals surface area contributed by atoms with E-state index in [4.69, 9.17) is 20.8 Å². The van der Waals surface area contributed by atoms with E-state index in [1.54, 1.807) is 0 Å². The average Bonchev–Trinajstić information content (AvgIpc) is 2.82. The van der Waals surface area contributed by atoms with E-state index in [9.17, 15) is 0 Å². The monoisotopic (exact) mass is 252 g/mol. The number of hydrogen-bond acceptors (Lipinski definition) is 4. The fourth-order valence-corrected chi connectivity index (χ4v) is 2.27. The van der Waals surface area contributed by atoms with Gasteiger partial charge in [0.1, 0.15) is 5.52 Å². The van der Waals surface area contributed by atoms with Gasteiger partial charge in [-0.1, -0.05) is 12.1 Å². The van der Waals surface area contributed by atoms with E-state index in [2.05, 4.69) is 9.88 Å². The Labute approximate surface area is 104 Å². The maximum absolute atomic E-state index is 5.93. The standard InChI is InChI=1S/C12H13ClN2O2/c13-7-9-8-16-6-5-15(9)12-14-10-3-1-2-4-11(10)17-12/h1-4,9H,5-8H2. The maximum Gasteiger partial charge on any atom is 0.298 e. The number of hydrogen-bond donors (Lipinski definition) is 0. The number of nitrogens with zero attached hydrogens (tertiary/aromatic N) is 2. The van der Waals surface area contributed by atoms with Crippen molar-refractivity contribution >= 4 is 28.7 Å². The molecule has 90 valence electrons. The lowest BCUT2D eigenvalue weighted by molar-refractivity contribution is 0.0972. The molecule has 17 heavy (non-hydrogen) atoms. The molecule has 1 aromatic heterocycles. The van der Waals surface area contributed by atoms with Gasteiger partial charge in [-0.2, -0.15) is 4.98 Å². The number of ether oxygens (including phenoxy) is 1. The highest BCUT2D eigenvalue weighted by atomic mass is 35.5. The van der Waals surface area contributed by atoms with Crippen LogP contribution in [0.4, 0.5) is 6.01 Å². The molecule has 1 unspecified atom stereocenters.